The molecule has 0 bridgehead atoms. The van der Waals surface area contributed by atoms with E-state index in [-0.39, 0.29) is 19.1 Å². The third-order valence-corrected chi connectivity index (χ3v) is 4.78. The van der Waals surface area contributed by atoms with E-state index < -0.39 is 0 Å². The molecule has 4 rings (SSSR count). The molecule has 3 aromatic rings. The lowest BCUT2D eigenvalue weighted by molar-refractivity contribution is -0.121. The molecule has 2 heterocycles. The smallest absolute Gasteiger partial charge is 0.231 e. The molecule has 1 aliphatic rings. The van der Waals surface area contributed by atoms with Crippen LogP contribution in [0, 0.1) is 3.57 Å². The third kappa shape index (κ3) is 4.38. The number of fused-ring (bicyclic) bond motifs is 1. The molecule has 1 aromatic heterocycles. The van der Waals surface area contributed by atoms with Gasteiger partial charge in [0.25, 0.3) is 0 Å². The summed E-state index contributed by atoms with van der Waals surface area (Å²) in [5.74, 6) is 2.33. The van der Waals surface area contributed by atoms with Crippen molar-refractivity contribution < 1.29 is 18.8 Å². The van der Waals surface area contributed by atoms with E-state index in [1.807, 2.05) is 42.5 Å². The summed E-state index contributed by atoms with van der Waals surface area (Å²) in [4.78, 5) is 16.4. The normalized spacial score (nSPS) is 12.2. The van der Waals surface area contributed by atoms with E-state index in [1.165, 1.54) is 0 Å². The minimum atomic E-state index is -0.0818. The standard InChI is InChI=1S/C19H16IN3O4/c20-14-4-2-13(3-5-14)19-22-18(27-23-19)8-7-17(24)21-10-12-1-6-15-16(9-12)26-11-25-15/h1-6,9H,7-8,10-11H2,(H,21,24). The summed E-state index contributed by atoms with van der Waals surface area (Å²) in [5, 5.41) is 6.85. The van der Waals surface area contributed by atoms with Gasteiger partial charge in [-0.3, -0.25) is 4.79 Å². The van der Waals surface area contributed by atoms with Crippen molar-refractivity contribution in [3.63, 3.8) is 0 Å². The first-order valence-corrected chi connectivity index (χ1v) is 9.49. The van der Waals surface area contributed by atoms with Gasteiger partial charge in [-0.05, 0) is 52.4 Å². The highest BCUT2D eigenvalue weighted by Gasteiger charge is 2.14. The number of benzene rings is 2. The Kier molecular flexibility index (Phi) is 5.23. The summed E-state index contributed by atoms with van der Waals surface area (Å²) in [7, 11) is 0. The number of aryl methyl sites for hydroxylation is 1. The monoisotopic (exact) mass is 477 g/mol. The van der Waals surface area contributed by atoms with E-state index in [1.54, 1.807) is 0 Å². The average Bonchev–Trinajstić information content (AvgIpc) is 3.34. The molecule has 2 aromatic carbocycles. The van der Waals surface area contributed by atoms with E-state index in [0.29, 0.717) is 30.4 Å². The predicted molar refractivity (Wildman–Crippen MR) is 105 cm³/mol. The minimum absolute atomic E-state index is 0.0818. The zero-order valence-electron chi connectivity index (χ0n) is 14.3. The number of carbonyl (C=O) groups excluding carboxylic acids is 1. The van der Waals surface area contributed by atoms with Crippen LogP contribution in [0.1, 0.15) is 17.9 Å². The van der Waals surface area contributed by atoms with Crippen molar-refractivity contribution in [2.45, 2.75) is 19.4 Å². The summed E-state index contributed by atoms with van der Waals surface area (Å²) in [6.07, 6.45) is 0.670. The van der Waals surface area contributed by atoms with Crippen molar-refractivity contribution in [3.8, 4) is 22.9 Å². The summed E-state index contributed by atoms with van der Waals surface area (Å²) in [6.45, 7) is 0.659. The Hall–Kier alpha value is -2.62. The molecular formula is C19H16IN3O4. The Morgan fingerprint density at radius 2 is 1.93 bits per heavy atom. The van der Waals surface area contributed by atoms with Gasteiger partial charge >= 0.3 is 0 Å². The fourth-order valence-electron chi connectivity index (χ4n) is 2.63. The number of halogens is 1. The molecule has 8 heteroatoms. The van der Waals surface area contributed by atoms with E-state index in [2.05, 4.69) is 38.0 Å². The summed E-state index contributed by atoms with van der Waals surface area (Å²) < 4.78 is 17.0. The Labute approximate surface area is 169 Å². The Morgan fingerprint density at radius 3 is 2.78 bits per heavy atom. The highest BCUT2D eigenvalue weighted by atomic mass is 127. The zero-order valence-corrected chi connectivity index (χ0v) is 16.4. The second kappa shape index (κ2) is 7.95. The molecule has 0 spiro atoms. The largest absolute Gasteiger partial charge is 0.454 e. The quantitative estimate of drug-likeness (QED) is 0.549. The molecule has 0 fully saturated rings. The molecular weight excluding hydrogens is 461 g/mol. The molecule has 0 aliphatic carbocycles. The van der Waals surface area contributed by atoms with Gasteiger partial charge in [0.2, 0.25) is 24.4 Å². The van der Waals surface area contributed by atoms with E-state index in [9.17, 15) is 4.79 Å². The number of hydrogen-bond acceptors (Lipinski definition) is 6. The SMILES string of the molecule is O=C(CCc1nc(-c2ccc(I)cc2)no1)NCc1ccc2c(c1)OCO2. The van der Waals surface area contributed by atoms with Crippen LogP contribution in [0.25, 0.3) is 11.4 Å². The van der Waals surface area contributed by atoms with E-state index in [4.69, 9.17) is 14.0 Å². The fourth-order valence-corrected chi connectivity index (χ4v) is 2.99. The van der Waals surface area contributed by atoms with Crippen LogP contribution in [0.2, 0.25) is 0 Å². The molecule has 0 saturated carbocycles. The molecule has 0 saturated heterocycles. The number of hydrogen-bond donors (Lipinski definition) is 1. The van der Waals surface area contributed by atoms with Crippen LogP contribution in [-0.2, 0) is 17.8 Å². The Morgan fingerprint density at radius 1 is 1.11 bits per heavy atom. The van der Waals surface area contributed by atoms with Crippen LogP contribution in [0.5, 0.6) is 11.5 Å². The van der Waals surface area contributed by atoms with Gasteiger partial charge in [-0.1, -0.05) is 23.4 Å². The molecule has 7 nitrogen and oxygen atoms in total. The molecule has 1 amide bonds. The molecule has 138 valence electrons. The highest BCUT2D eigenvalue weighted by molar-refractivity contribution is 14.1. The van der Waals surface area contributed by atoms with Gasteiger partial charge in [0, 0.05) is 28.5 Å². The van der Waals surface area contributed by atoms with Gasteiger partial charge in [0.15, 0.2) is 11.5 Å². The van der Waals surface area contributed by atoms with Crippen molar-refractivity contribution in [1.82, 2.24) is 15.5 Å². The second-order valence-corrected chi connectivity index (χ2v) is 7.23. The van der Waals surface area contributed by atoms with Crippen molar-refractivity contribution in [2.75, 3.05) is 6.79 Å². The van der Waals surface area contributed by atoms with Crippen molar-refractivity contribution in [2.24, 2.45) is 0 Å². The average molecular weight is 477 g/mol. The third-order valence-electron chi connectivity index (χ3n) is 4.06. The van der Waals surface area contributed by atoms with Gasteiger partial charge in [0.1, 0.15) is 0 Å². The number of aromatic nitrogens is 2. The maximum absolute atomic E-state index is 12.1. The molecule has 27 heavy (non-hydrogen) atoms. The first-order valence-electron chi connectivity index (χ1n) is 8.41. The van der Waals surface area contributed by atoms with Gasteiger partial charge in [0.05, 0.1) is 0 Å². The fraction of sp³-hybridized carbons (Fsp3) is 0.211. The minimum Gasteiger partial charge on any atom is -0.454 e. The lowest BCUT2D eigenvalue weighted by atomic mass is 10.2. The van der Waals surface area contributed by atoms with Gasteiger partial charge < -0.3 is 19.3 Å². The Balaban J connectivity index is 1.27. The van der Waals surface area contributed by atoms with Crippen LogP contribution in [-0.4, -0.2) is 22.8 Å². The second-order valence-electron chi connectivity index (χ2n) is 5.98. The predicted octanol–water partition coefficient (Wildman–Crippen LogP) is 3.32. The van der Waals surface area contributed by atoms with Crippen molar-refractivity contribution in [3.05, 3.63) is 57.5 Å². The number of amides is 1. The van der Waals surface area contributed by atoms with E-state index in [0.717, 1.165) is 20.4 Å². The highest BCUT2D eigenvalue weighted by Crippen LogP contribution is 2.32. The molecule has 0 radical (unpaired) electrons. The van der Waals surface area contributed by atoms with Crippen molar-refractivity contribution in [1.29, 1.82) is 0 Å². The molecule has 1 aliphatic heterocycles. The summed E-state index contributed by atoms with van der Waals surface area (Å²) >= 11 is 2.24. The van der Waals surface area contributed by atoms with Crippen LogP contribution in [0.15, 0.2) is 47.0 Å². The van der Waals surface area contributed by atoms with Gasteiger partial charge in [-0.25, -0.2) is 0 Å². The van der Waals surface area contributed by atoms with Crippen LogP contribution >= 0.6 is 22.6 Å². The number of carbonyl (C=O) groups is 1. The van der Waals surface area contributed by atoms with Crippen molar-refractivity contribution >= 4 is 28.5 Å². The summed E-state index contributed by atoms with van der Waals surface area (Å²) in [5.41, 5.74) is 1.84. The summed E-state index contributed by atoms with van der Waals surface area (Å²) in [6, 6.07) is 13.5. The number of nitrogens with one attached hydrogen (secondary N) is 1. The molecule has 1 N–H and O–H groups in total. The van der Waals surface area contributed by atoms with Crippen LogP contribution in [0.4, 0.5) is 0 Å². The first kappa shape index (κ1) is 17.8. The maximum atomic E-state index is 12.1. The number of nitrogens with zero attached hydrogens (tertiary/aromatic N) is 2. The number of ether oxygens (including phenoxy) is 2. The van der Waals surface area contributed by atoms with Crippen LogP contribution in [0.3, 0.4) is 0 Å². The van der Waals surface area contributed by atoms with Crippen LogP contribution < -0.4 is 14.8 Å². The maximum Gasteiger partial charge on any atom is 0.231 e. The lowest BCUT2D eigenvalue weighted by Gasteiger charge is -2.05. The first-order chi connectivity index (χ1) is 13.2. The topological polar surface area (TPSA) is 86.5 Å². The van der Waals surface area contributed by atoms with E-state index >= 15 is 0 Å². The molecule has 0 unspecified atom stereocenters. The van der Waals surface area contributed by atoms with Gasteiger partial charge in [-0.2, -0.15) is 4.98 Å². The lowest BCUT2D eigenvalue weighted by Crippen LogP contribution is -2.23. The molecule has 0 atom stereocenters. The number of rotatable bonds is 6. The zero-order chi connectivity index (χ0) is 18.6. The Bertz CT molecular complexity index is 956. The van der Waals surface area contributed by atoms with Gasteiger partial charge in [-0.15, -0.1) is 0 Å².